The topological polar surface area (TPSA) is 125 Å². The number of nitrogens with one attached hydrogen (secondary N) is 2. The maximum absolute atomic E-state index is 13.1. The molecule has 8 nitrogen and oxygen atoms in total. The van der Waals surface area contributed by atoms with Gasteiger partial charge in [0.1, 0.15) is 0 Å². The molecule has 0 bridgehead atoms. The van der Waals surface area contributed by atoms with Gasteiger partial charge in [-0.1, -0.05) is 45.4 Å². The third-order valence-electron chi connectivity index (χ3n) is 12.5. The predicted octanol–water partition coefficient (Wildman–Crippen LogP) is 5.59. The molecule has 3 saturated carbocycles. The molecular formula is C34H48N2O6. The second-order valence-corrected chi connectivity index (χ2v) is 14.9. The summed E-state index contributed by atoms with van der Waals surface area (Å²) in [6.45, 7) is 14.9. The van der Waals surface area contributed by atoms with Crippen LogP contribution in [0.5, 0.6) is 0 Å². The summed E-state index contributed by atoms with van der Waals surface area (Å²) in [7, 11) is 1.24. The van der Waals surface area contributed by atoms with Crippen LogP contribution in [-0.2, 0) is 14.3 Å². The molecule has 230 valence electrons. The van der Waals surface area contributed by atoms with Crippen molar-refractivity contribution < 1.29 is 29.3 Å². The molecule has 5 rings (SSSR count). The number of rotatable bonds is 4. The van der Waals surface area contributed by atoms with Crippen LogP contribution < -0.4 is 10.6 Å². The van der Waals surface area contributed by atoms with Crippen LogP contribution in [0.4, 0.5) is 4.79 Å². The van der Waals surface area contributed by atoms with Crippen molar-refractivity contribution in [1.82, 2.24) is 10.6 Å². The third-order valence-corrected chi connectivity index (χ3v) is 12.5. The Bertz CT molecular complexity index is 1360. The fourth-order valence-corrected chi connectivity index (χ4v) is 9.53. The largest absolute Gasteiger partial charge is 0.504 e. The molecule has 8 heteroatoms. The minimum Gasteiger partial charge on any atom is -0.504 e. The Kier molecular flexibility index (Phi) is 7.16. The molecule has 0 heterocycles. The van der Waals surface area contributed by atoms with E-state index >= 15 is 0 Å². The van der Waals surface area contributed by atoms with Gasteiger partial charge in [-0.2, -0.15) is 0 Å². The zero-order valence-electron chi connectivity index (χ0n) is 26.4. The van der Waals surface area contributed by atoms with Crippen molar-refractivity contribution in [2.45, 2.75) is 111 Å². The second-order valence-electron chi connectivity index (χ2n) is 14.9. The highest BCUT2D eigenvalue weighted by atomic mass is 16.5. The van der Waals surface area contributed by atoms with Crippen molar-refractivity contribution in [1.29, 1.82) is 0 Å². The highest BCUT2D eigenvalue weighted by Gasteiger charge is 2.66. The number of carbonyl (C=O) groups is 3. The highest BCUT2D eigenvalue weighted by molar-refractivity contribution is 6.06. The fourth-order valence-electron chi connectivity index (χ4n) is 9.53. The zero-order valence-corrected chi connectivity index (χ0v) is 26.4. The lowest BCUT2D eigenvalue weighted by Gasteiger charge is -2.70. The van der Waals surface area contributed by atoms with Crippen molar-refractivity contribution in [3.8, 4) is 0 Å². The minimum atomic E-state index is -1.14. The van der Waals surface area contributed by atoms with Gasteiger partial charge in [-0.3, -0.25) is 4.79 Å². The molecule has 5 aliphatic rings. The van der Waals surface area contributed by atoms with Gasteiger partial charge in [-0.15, -0.1) is 0 Å². The lowest BCUT2D eigenvalue weighted by molar-refractivity contribution is -0.153. The number of hydrogen-bond donors (Lipinski definition) is 4. The van der Waals surface area contributed by atoms with Gasteiger partial charge in [0.15, 0.2) is 11.8 Å². The predicted molar refractivity (Wildman–Crippen MR) is 160 cm³/mol. The van der Waals surface area contributed by atoms with E-state index in [1.165, 1.54) is 19.6 Å². The summed E-state index contributed by atoms with van der Waals surface area (Å²) in [6, 6.07) is -1.62. The van der Waals surface area contributed by atoms with E-state index in [1.54, 1.807) is 6.08 Å². The number of allylic oxidation sites excluding steroid dienone is 7. The number of carbonyl (C=O) groups excluding carboxylic acids is 3. The van der Waals surface area contributed by atoms with Gasteiger partial charge in [-0.25, -0.2) is 9.59 Å². The van der Waals surface area contributed by atoms with Crippen LogP contribution in [0.2, 0.25) is 0 Å². The third kappa shape index (κ3) is 4.30. The molecule has 5 aliphatic carbocycles. The molecule has 42 heavy (non-hydrogen) atoms. The first-order valence-electron chi connectivity index (χ1n) is 15.4. The molecule has 4 N–H and O–H groups in total. The summed E-state index contributed by atoms with van der Waals surface area (Å²) in [5.74, 6) is -0.820. The van der Waals surface area contributed by atoms with E-state index in [0.29, 0.717) is 11.5 Å². The van der Waals surface area contributed by atoms with Gasteiger partial charge in [0.25, 0.3) is 0 Å². The molecule has 0 aliphatic heterocycles. The Morgan fingerprint density at radius 2 is 1.69 bits per heavy atom. The standard InChI is InChI=1S/C34H48N2O6/c1-19-21-9-10-24-32(5,22(21)17-23(38)27(19)39)14-16-34(7)25-18-31(4,13-11-30(25,3)12-15-33(24,34)6)36-29(41)35-26(20(2)37)28(40)42-8/h9-10,17,20,25-26,37,39H,11-16,18H2,1-8H3,(H2,35,36,41)/t20-,25-,26+,30-,31-,32+,33-,34+/m1/s1. The van der Waals surface area contributed by atoms with E-state index in [-0.39, 0.29) is 33.2 Å². The van der Waals surface area contributed by atoms with E-state index in [2.05, 4.69) is 57.4 Å². The molecule has 8 atom stereocenters. The number of fused-ring (bicyclic) bond motifs is 7. The number of amides is 2. The Morgan fingerprint density at radius 1 is 1.02 bits per heavy atom. The number of ether oxygens (including phenoxy) is 1. The van der Waals surface area contributed by atoms with E-state index in [0.717, 1.165) is 56.1 Å². The molecule has 0 saturated heterocycles. The summed E-state index contributed by atoms with van der Waals surface area (Å²) in [6.07, 6.45) is 11.6. The maximum Gasteiger partial charge on any atom is 0.331 e. The molecule has 3 fully saturated rings. The number of aliphatic hydroxyl groups is 2. The number of methoxy groups -OCH3 is 1. The van der Waals surface area contributed by atoms with Crippen LogP contribution in [0.3, 0.4) is 0 Å². The van der Waals surface area contributed by atoms with Crippen LogP contribution in [0.15, 0.2) is 46.3 Å². The van der Waals surface area contributed by atoms with Crippen LogP contribution in [0.1, 0.15) is 93.4 Å². The molecule has 0 aromatic carbocycles. The molecule has 2 amide bonds. The normalized spacial score (nSPS) is 40.5. The fraction of sp³-hybridized carbons (Fsp3) is 0.676. The molecule has 0 aromatic rings. The Morgan fingerprint density at radius 3 is 2.33 bits per heavy atom. The van der Waals surface area contributed by atoms with Gasteiger partial charge >= 0.3 is 12.0 Å². The van der Waals surface area contributed by atoms with Gasteiger partial charge < -0.3 is 25.6 Å². The van der Waals surface area contributed by atoms with Crippen molar-refractivity contribution in [2.24, 2.45) is 27.6 Å². The van der Waals surface area contributed by atoms with Crippen molar-refractivity contribution >= 4 is 17.8 Å². The van der Waals surface area contributed by atoms with Crippen LogP contribution in [0, 0.1) is 27.6 Å². The maximum atomic E-state index is 13.1. The SMILES string of the molecule is COC(=O)[C@@H](NC(=O)N[C@]1(C)CC[C@]2(C)CC[C@]3(C)C4=CC=C5C(=CC(=O)C(O)=C5C)[C@]4(C)CC[C@@]3(C)[C@@H]2C1)[C@@H](C)O. The summed E-state index contributed by atoms with van der Waals surface area (Å²) >= 11 is 0. The van der Waals surface area contributed by atoms with Crippen LogP contribution >= 0.6 is 0 Å². The molecule has 0 aromatic heterocycles. The highest BCUT2D eigenvalue weighted by Crippen LogP contribution is 2.75. The van der Waals surface area contributed by atoms with Gasteiger partial charge in [0, 0.05) is 16.5 Å². The van der Waals surface area contributed by atoms with Crippen LogP contribution in [-0.4, -0.2) is 52.8 Å². The lowest BCUT2D eigenvalue weighted by Crippen LogP contribution is -2.65. The summed E-state index contributed by atoms with van der Waals surface area (Å²) in [4.78, 5) is 38.0. The van der Waals surface area contributed by atoms with Crippen molar-refractivity contribution in [2.75, 3.05) is 7.11 Å². The van der Waals surface area contributed by atoms with Gasteiger partial charge in [0.05, 0.1) is 13.2 Å². The van der Waals surface area contributed by atoms with E-state index in [9.17, 15) is 24.6 Å². The second kappa shape index (κ2) is 9.83. The minimum absolute atomic E-state index is 0.0447. The first-order chi connectivity index (χ1) is 19.4. The molecule has 0 unspecified atom stereocenters. The summed E-state index contributed by atoms with van der Waals surface area (Å²) in [5, 5.41) is 26.2. The van der Waals surface area contributed by atoms with E-state index in [4.69, 9.17) is 4.74 Å². The summed E-state index contributed by atoms with van der Waals surface area (Å²) < 4.78 is 4.77. The van der Waals surface area contributed by atoms with Crippen LogP contribution in [0.25, 0.3) is 0 Å². The monoisotopic (exact) mass is 580 g/mol. The van der Waals surface area contributed by atoms with Gasteiger partial charge in [-0.05, 0) is 105 Å². The molecule has 0 spiro atoms. The first kappa shape index (κ1) is 30.6. The van der Waals surface area contributed by atoms with Crippen molar-refractivity contribution in [3.63, 3.8) is 0 Å². The number of esters is 1. The number of hydrogen-bond acceptors (Lipinski definition) is 6. The number of urea groups is 1. The van der Waals surface area contributed by atoms with E-state index < -0.39 is 29.7 Å². The molecular weight excluding hydrogens is 532 g/mol. The van der Waals surface area contributed by atoms with E-state index in [1.807, 2.05) is 6.92 Å². The Hall–Kier alpha value is -2.87. The number of aliphatic hydroxyl groups excluding tert-OH is 2. The Balaban J connectivity index is 1.46. The Labute approximate surface area is 249 Å². The zero-order chi connectivity index (χ0) is 31.0. The molecule has 0 radical (unpaired) electrons. The van der Waals surface area contributed by atoms with Gasteiger partial charge in [0.2, 0.25) is 5.78 Å². The summed E-state index contributed by atoms with van der Waals surface area (Å²) in [5.41, 5.74) is 3.23. The van der Waals surface area contributed by atoms with Crippen molar-refractivity contribution in [3.05, 3.63) is 46.3 Å². The average molecular weight is 581 g/mol. The average Bonchev–Trinajstić information content (AvgIpc) is 2.92. The quantitative estimate of drug-likeness (QED) is 0.322. The lowest BCUT2D eigenvalue weighted by atomic mass is 9.35. The smallest absolute Gasteiger partial charge is 0.331 e. The first-order valence-corrected chi connectivity index (χ1v) is 15.4. The number of ketones is 1.